The van der Waals surface area contributed by atoms with E-state index >= 15 is 0 Å². The highest BCUT2D eigenvalue weighted by Gasteiger charge is 2.51. The van der Waals surface area contributed by atoms with Crippen LogP contribution in [0.1, 0.15) is 52.0 Å². The lowest BCUT2D eigenvalue weighted by atomic mass is 9.77. The van der Waals surface area contributed by atoms with Gasteiger partial charge >= 0.3 is 7.12 Å². The molecule has 1 saturated carbocycles. The first-order chi connectivity index (χ1) is 10.9. The molecule has 0 bridgehead atoms. The van der Waals surface area contributed by atoms with Gasteiger partial charge in [0, 0.05) is 12.4 Å². The summed E-state index contributed by atoms with van der Waals surface area (Å²) in [7, 11) is -0.326. The summed E-state index contributed by atoms with van der Waals surface area (Å²) in [5, 5.41) is 4.37. The smallest absolute Gasteiger partial charge is 0.399 e. The van der Waals surface area contributed by atoms with Crippen LogP contribution in [0.4, 0.5) is 0 Å². The fourth-order valence-electron chi connectivity index (χ4n) is 2.98. The second-order valence-corrected chi connectivity index (χ2v) is 7.67. The Labute approximate surface area is 137 Å². The molecule has 0 spiro atoms. The van der Waals surface area contributed by atoms with Gasteiger partial charge in [-0.3, -0.25) is 0 Å². The van der Waals surface area contributed by atoms with Gasteiger partial charge in [-0.2, -0.15) is 5.10 Å². The quantitative estimate of drug-likeness (QED) is 0.818. The van der Waals surface area contributed by atoms with Crippen molar-refractivity contribution in [2.24, 2.45) is 0 Å². The van der Waals surface area contributed by atoms with Gasteiger partial charge in [0.15, 0.2) is 0 Å². The van der Waals surface area contributed by atoms with Crippen LogP contribution in [-0.2, 0) is 9.31 Å². The van der Waals surface area contributed by atoms with E-state index in [4.69, 9.17) is 9.31 Å². The molecule has 1 saturated heterocycles. The van der Waals surface area contributed by atoms with Crippen LogP contribution >= 0.6 is 0 Å². The number of rotatable bonds is 3. The number of aromatic nitrogens is 2. The van der Waals surface area contributed by atoms with Gasteiger partial charge in [0.25, 0.3) is 0 Å². The second kappa shape index (κ2) is 4.95. The van der Waals surface area contributed by atoms with Gasteiger partial charge < -0.3 is 9.31 Å². The van der Waals surface area contributed by atoms with Gasteiger partial charge in [-0.1, -0.05) is 6.07 Å². The first-order valence-corrected chi connectivity index (χ1v) is 8.36. The predicted molar refractivity (Wildman–Crippen MR) is 91.3 cm³/mol. The molecule has 0 radical (unpaired) electrons. The molecule has 1 aliphatic carbocycles. The lowest BCUT2D eigenvalue weighted by Crippen LogP contribution is -2.41. The molecule has 1 aromatic heterocycles. The van der Waals surface area contributed by atoms with Crippen LogP contribution in [0.3, 0.4) is 0 Å². The lowest BCUT2D eigenvalue weighted by molar-refractivity contribution is 0.00578. The Morgan fingerprint density at radius 3 is 2.35 bits per heavy atom. The third-order valence-electron chi connectivity index (χ3n) is 5.31. The minimum Gasteiger partial charge on any atom is -0.399 e. The summed E-state index contributed by atoms with van der Waals surface area (Å²) in [6.45, 7) is 8.36. The number of hydrogen-bond acceptors (Lipinski definition) is 3. The average molecular weight is 310 g/mol. The molecule has 0 N–H and O–H groups in total. The Kier molecular flexibility index (Phi) is 3.22. The van der Waals surface area contributed by atoms with Crippen molar-refractivity contribution in [3.05, 3.63) is 42.2 Å². The van der Waals surface area contributed by atoms with Crippen molar-refractivity contribution in [3.8, 4) is 5.69 Å². The first kappa shape index (κ1) is 15.0. The van der Waals surface area contributed by atoms with Crippen LogP contribution in [0, 0.1) is 0 Å². The summed E-state index contributed by atoms with van der Waals surface area (Å²) >= 11 is 0. The van der Waals surface area contributed by atoms with E-state index in [0.717, 1.165) is 11.2 Å². The molecular formula is C18H23BN2O2. The van der Waals surface area contributed by atoms with Gasteiger partial charge in [-0.25, -0.2) is 4.68 Å². The van der Waals surface area contributed by atoms with Gasteiger partial charge in [0.1, 0.15) is 0 Å². The minimum absolute atomic E-state index is 0.320. The molecule has 23 heavy (non-hydrogen) atoms. The maximum atomic E-state index is 6.23. The maximum absolute atomic E-state index is 6.23. The third kappa shape index (κ3) is 2.62. The summed E-state index contributed by atoms with van der Waals surface area (Å²) < 4.78 is 14.4. The Morgan fingerprint density at radius 1 is 1.09 bits per heavy atom. The molecule has 120 valence electrons. The zero-order valence-electron chi connectivity index (χ0n) is 14.2. The van der Waals surface area contributed by atoms with Crippen molar-refractivity contribution in [1.82, 2.24) is 9.78 Å². The maximum Gasteiger partial charge on any atom is 0.494 e. The predicted octanol–water partition coefficient (Wildman–Crippen LogP) is 3.05. The van der Waals surface area contributed by atoms with Crippen LogP contribution < -0.4 is 5.46 Å². The van der Waals surface area contributed by atoms with Crippen molar-refractivity contribution in [3.63, 3.8) is 0 Å². The zero-order chi connectivity index (χ0) is 16.2. The Bertz CT molecular complexity index is 705. The van der Waals surface area contributed by atoms with Crippen molar-refractivity contribution >= 4 is 12.6 Å². The lowest BCUT2D eigenvalue weighted by Gasteiger charge is -2.32. The molecule has 2 aliphatic rings. The van der Waals surface area contributed by atoms with Crippen molar-refractivity contribution < 1.29 is 9.31 Å². The van der Waals surface area contributed by atoms with Gasteiger partial charge in [0.2, 0.25) is 0 Å². The monoisotopic (exact) mass is 310 g/mol. The van der Waals surface area contributed by atoms with Crippen LogP contribution in [-0.4, -0.2) is 28.1 Å². The fraction of sp³-hybridized carbons (Fsp3) is 0.500. The molecule has 1 aromatic carbocycles. The van der Waals surface area contributed by atoms with Crippen molar-refractivity contribution in [2.75, 3.05) is 0 Å². The summed E-state index contributed by atoms with van der Waals surface area (Å²) in [6.07, 6.45) is 6.31. The van der Waals surface area contributed by atoms with E-state index in [-0.39, 0.29) is 18.3 Å². The van der Waals surface area contributed by atoms with Gasteiger partial charge in [-0.05, 0) is 75.7 Å². The topological polar surface area (TPSA) is 36.3 Å². The summed E-state index contributed by atoms with van der Waals surface area (Å²) in [6, 6.07) is 8.55. The zero-order valence-corrected chi connectivity index (χ0v) is 14.2. The molecular weight excluding hydrogens is 287 g/mol. The largest absolute Gasteiger partial charge is 0.494 e. The van der Waals surface area contributed by atoms with E-state index in [0.29, 0.717) is 5.92 Å². The molecule has 2 aromatic rings. The van der Waals surface area contributed by atoms with Gasteiger partial charge in [0.05, 0.1) is 16.9 Å². The minimum atomic E-state index is -0.326. The fourth-order valence-corrected chi connectivity index (χ4v) is 2.98. The van der Waals surface area contributed by atoms with Crippen molar-refractivity contribution in [1.29, 1.82) is 0 Å². The molecule has 0 atom stereocenters. The molecule has 4 nitrogen and oxygen atoms in total. The van der Waals surface area contributed by atoms with E-state index < -0.39 is 0 Å². The summed E-state index contributed by atoms with van der Waals surface area (Å²) in [5.74, 6) is 0.673. The highest BCUT2D eigenvalue weighted by molar-refractivity contribution is 6.62. The SMILES string of the molecule is CC1(C)OB(c2cc(C3CC3)cc(-n3cccn3)c2)OC1(C)C. The first-order valence-electron chi connectivity index (χ1n) is 8.36. The standard InChI is InChI=1S/C18H23BN2O2/c1-17(2)18(3,4)23-19(22-17)15-10-14(13-6-7-13)11-16(12-15)21-9-5-8-20-21/h5,8-13H,6-7H2,1-4H3. The summed E-state index contributed by atoms with van der Waals surface area (Å²) in [4.78, 5) is 0. The summed E-state index contributed by atoms with van der Waals surface area (Å²) in [5.41, 5.74) is 2.88. The van der Waals surface area contributed by atoms with Crippen LogP contribution in [0.15, 0.2) is 36.7 Å². The number of nitrogens with zero attached hydrogens (tertiary/aromatic N) is 2. The molecule has 4 rings (SSSR count). The third-order valence-corrected chi connectivity index (χ3v) is 5.31. The van der Waals surface area contributed by atoms with E-state index in [1.807, 2.05) is 16.9 Å². The average Bonchev–Trinajstić information content (AvgIpc) is 3.14. The number of benzene rings is 1. The van der Waals surface area contributed by atoms with E-state index in [9.17, 15) is 0 Å². The normalized spacial score (nSPS) is 22.5. The molecule has 2 heterocycles. The Balaban J connectivity index is 1.74. The number of hydrogen-bond donors (Lipinski definition) is 0. The molecule has 1 aliphatic heterocycles. The Hall–Kier alpha value is -1.59. The Morgan fingerprint density at radius 2 is 1.78 bits per heavy atom. The molecule has 0 unspecified atom stereocenters. The second-order valence-electron chi connectivity index (χ2n) is 7.67. The van der Waals surface area contributed by atoms with Crippen molar-refractivity contribution in [2.45, 2.75) is 57.7 Å². The molecule has 2 fully saturated rings. The highest BCUT2D eigenvalue weighted by atomic mass is 16.7. The van der Waals surface area contributed by atoms with E-state index in [1.54, 1.807) is 6.20 Å². The van der Waals surface area contributed by atoms with E-state index in [2.05, 4.69) is 51.0 Å². The van der Waals surface area contributed by atoms with Crippen LogP contribution in [0.2, 0.25) is 0 Å². The van der Waals surface area contributed by atoms with Gasteiger partial charge in [-0.15, -0.1) is 0 Å². The molecule has 0 amide bonds. The van der Waals surface area contributed by atoms with Crippen LogP contribution in [0.5, 0.6) is 0 Å². The molecule has 5 heteroatoms. The highest BCUT2D eigenvalue weighted by Crippen LogP contribution is 2.41. The van der Waals surface area contributed by atoms with Crippen LogP contribution in [0.25, 0.3) is 5.69 Å². The van der Waals surface area contributed by atoms with E-state index in [1.165, 1.54) is 18.4 Å².